The SMILES string of the molecule is CC1C(Cc2ccc(Cl)c(Cl)c2)=CC=CC1(C)O. The van der Waals surface area contributed by atoms with Gasteiger partial charge in [-0.05, 0) is 31.0 Å². The minimum atomic E-state index is -0.777. The molecule has 0 amide bonds. The van der Waals surface area contributed by atoms with Crippen LogP contribution in [0.1, 0.15) is 19.4 Å². The first kappa shape index (κ1) is 13.7. The van der Waals surface area contributed by atoms with Gasteiger partial charge < -0.3 is 5.11 Å². The number of rotatable bonds is 2. The van der Waals surface area contributed by atoms with Gasteiger partial charge in [0.15, 0.2) is 0 Å². The van der Waals surface area contributed by atoms with Gasteiger partial charge in [0.1, 0.15) is 0 Å². The Morgan fingerprint density at radius 2 is 2.00 bits per heavy atom. The highest BCUT2D eigenvalue weighted by molar-refractivity contribution is 6.42. The average Bonchev–Trinajstić information content (AvgIpc) is 2.30. The normalized spacial score (nSPS) is 27.2. The number of benzene rings is 1. The summed E-state index contributed by atoms with van der Waals surface area (Å²) in [5.41, 5.74) is 1.52. The summed E-state index contributed by atoms with van der Waals surface area (Å²) >= 11 is 11.9. The molecule has 18 heavy (non-hydrogen) atoms. The van der Waals surface area contributed by atoms with Crippen LogP contribution in [0.4, 0.5) is 0 Å². The van der Waals surface area contributed by atoms with Crippen LogP contribution in [-0.4, -0.2) is 10.7 Å². The van der Waals surface area contributed by atoms with E-state index in [9.17, 15) is 5.11 Å². The number of aliphatic hydroxyl groups is 1. The van der Waals surface area contributed by atoms with Gasteiger partial charge in [-0.15, -0.1) is 0 Å². The van der Waals surface area contributed by atoms with E-state index in [0.717, 1.165) is 12.0 Å². The van der Waals surface area contributed by atoms with E-state index in [1.54, 1.807) is 6.07 Å². The van der Waals surface area contributed by atoms with Gasteiger partial charge in [-0.25, -0.2) is 0 Å². The molecule has 0 fully saturated rings. The van der Waals surface area contributed by atoms with Crippen molar-refractivity contribution in [2.24, 2.45) is 5.92 Å². The molecule has 0 radical (unpaired) electrons. The molecule has 0 bridgehead atoms. The maximum Gasteiger partial charge on any atom is 0.0865 e. The van der Waals surface area contributed by atoms with Crippen LogP contribution in [0.3, 0.4) is 0 Å². The van der Waals surface area contributed by atoms with Crippen LogP contribution in [0.5, 0.6) is 0 Å². The molecule has 96 valence electrons. The number of hydrogen-bond acceptors (Lipinski definition) is 1. The number of allylic oxidation sites excluding steroid dienone is 2. The summed E-state index contributed by atoms with van der Waals surface area (Å²) in [4.78, 5) is 0. The fourth-order valence-electron chi connectivity index (χ4n) is 2.13. The van der Waals surface area contributed by atoms with Crippen molar-refractivity contribution in [2.75, 3.05) is 0 Å². The molecule has 1 aromatic rings. The van der Waals surface area contributed by atoms with Crippen molar-refractivity contribution < 1.29 is 5.11 Å². The summed E-state index contributed by atoms with van der Waals surface area (Å²) in [5, 5.41) is 11.4. The van der Waals surface area contributed by atoms with Gasteiger partial charge in [0, 0.05) is 5.92 Å². The molecular formula is C15H16Cl2O. The first-order valence-electron chi connectivity index (χ1n) is 5.95. The molecule has 1 aliphatic carbocycles. The maximum atomic E-state index is 10.2. The minimum Gasteiger partial charge on any atom is -0.385 e. The third-order valence-electron chi connectivity index (χ3n) is 3.57. The van der Waals surface area contributed by atoms with Gasteiger partial charge in [0.05, 0.1) is 15.6 Å². The number of halogens is 2. The first-order valence-corrected chi connectivity index (χ1v) is 6.70. The Labute approximate surface area is 118 Å². The van der Waals surface area contributed by atoms with Gasteiger partial charge in [0.25, 0.3) is 0 Å². The molecule has 1 nitrogen and oxygen atoms in total. The summed E-state index contributed by atoms with van der Waals surface area (Å²) in [6.07, 6.45) is 6.58. The highest BCUT2D eigenvalue weighted by Gasteiger charge is 2.29. The van der Waals surface area contributed by atoms with Crippen molar-refractivity contribution in [1.29, 1.82) is 0 Å². The molecule has 0 aromatic heterocycles. The third-order valence-corrected chi connectivity index (χ3v) is 4.31. The molecule has 1 N–H and O–H groups in total. The zero-order valence-electron chi connectivity index (χ0n) is 10.5. The van der Waals surface area contributed by atoms with E-state index in [4.69, 9.17) is 23.2 Å². The van der Waals surface area contributed by atoms with Gasteiger partial charge in [-0.1, -0.05) is 60.0 Å². The predicted molar refractivity (Wildman–Crippen MR) is 77.2 cm³/mol. The second-order valence-electron chi connectivity index (χ2n) is 4.97. The molecule has 2 unspecified atom stereocenters. The van der Waals surface area contributed by atoms with Gasteiger partial charge in [-0.2, -0.15) is 0 Å². The van der Waals surface area contributed by atoms with Crippen molar-refractivity contribution in [3.8, 4) is 0 Å². The second kappa shape index (κ2) is 5.08. The van der Waals surface area contributed by atoms with Crippen molar-refractivity contribution in [3.05, 3.63) is 57.6 Å². The summed E-state index contributed by atoms with van der Waals surface area (Å²) in [6.45, 7) is 3.86. The predicted octanol–water partition coefficient (Wildman–Crippen LogP) is 4.42. The van der Waals surface area contributed by atoms with Crippen molar-refractivity contribution >= 4 is 23.2 Å². The molecule has 1 aromatic carbocycles. The topological polar surface area (TPSA) is 20.2 Å². The Bertz CT molecular complexity index is 515. The van der Waals surface area contributed by atoms with Crippen LogP contribution in [0.25, 0.3) is 0 Å². The average molecular weight is 283 g/mol. The highest BCUT2D eigenvalue weighted by Crippen LogP contribution is 2.32. The first-order chi connectivity index (χ1) is 8.40. The Hall–Kier alpha value is -0.760. The molecule has 0 saturated carbocycles. The van der Waals surface area contributed by atoms with Crippen LogP contribution in [0.2, 0.25) is 10.0 Å². The summed E-state index contributed by atoms with van der Waals surface area (Å²) < 4.78 is 0. The van der Waals surface area contributed by atoms with E-state index in [2.05, 4.69) is 6.08 Å². The van der Waals surface area contributed by atoms with Crippen LogP contribution in [0, 0.1) is 5.92 Å². The monoisotopic (exact) mass is 282 g/mol. The molecule has 1 aliphatic rings. The number of hydrogen-bond donors (Lipinski definition) is 1. The van der Waals surface area contributed by atoms with E-state index in [1.165, 1.54) is 5.57 Å². The lowest BCUT2D eigenvalue weighted by atomic mass is 9.79. The Morgan fingerprint density at radius 3 is 2.67 bits per heavy atom. The van der Waals surface area contributed by atoms with E-state index in [1.807, 2.05) is 38.1 Å². The molecule has 0 aliphatic heterocycles. The van der Waals surface area contributed by atoms with Crippen molar-refractivity contribution in [3.63, 3.8) is 0 Å². The van der Waals surface area contributed by atoms with Gasteiger partial charge in [-0.3, -0.25) is 0 Å². The maximum absolute atomic E-state index is 10.2. The van der Waals surface area contributed by atoms with Crippen molar-refractivity contribution in [1.82, 2.24) is 0 Å². The fraction of sp³-hybridized carbons (Fsp3) is 0.333. The van der Waals surface area contributed by atoms with Crippen LogP contribution in [0.15, 0.2) is 42.0 Å². The quantitative estimate of drug-likeness (QED) is 0.851. The largest absolute Gasteiger partial charge is 0.385 e. The Balaban J connectivity index is 2.21. The van der Waals surface area contributed by atoms with E-state index >= 15 is 0 Å². The van der Waals surface area contributed by atoms with E-state index < -0.39 is 5.60 Å². The molecular weight excluding hydrogens is 267 g/mol. The van der Waals surface area contributed by atoms with Crippen LogP contribution < -0.4 is 0 Å². The summed E-state index contributed by atoms with van der Waals surface area (Å²) in [6, 6.07) is 5.65. The second-order valence-corrected chi connectivity index (χ2v) is 5.79. The molecule has 0 saturated heterocycles. The van der Waals surface area contributed by atoms with Crippen LogP contribution in [-0.2, 0) is 6.42 Å². The molecule has 0 heterocycles. The smallest absolute Gasteiger partial charge is 0.0865 e. The van der Waals surface area contributed by atoms with Gasteiger partial charge >= 0.3 is 0 Å². The lowest BCUT2D eigenvalue weighted by Gasteiger charge is -2.32. The molecule has 3 heteroatoms. The van der Waals surface area contributed by atoms with Crippen LogP contribution >= 0.6 is 23.2 Å². The van der Waals surface area contributed by atoms with E-state index in [0.29, 0.717) is 10.0 Å². The highest BCUT2D eigenvalue weighted by atomic mass is 35.5. The van der Waals surface area contributed by atoms with Gasteiger partial charge in [0.2, 0.25) is 0 Å². The summed E-state index contributed by atoms with van der Waals surface area (Å²) in [7, 11) is 0. The summed E-state index contributed by atoms with van der Waals surface area (Å²) in [5.74, 6) is 0.0944. The Morgan fingerprint density at radius 1 is 1.28 bits per heavy atom. The Kier molecular flexibility index (Phi) is 3.86. The molecule has 2 rings (SSSR count). The van der Waals surface area contributed by atoms with Crippen molar-refractivity contribution in [2.45, 2.75) is 25.9 Å². The zero-order valence-corrected chi connectivity index (χ0v) is 12.0. The lowest BCUT2D eigenvalue weighted by Crippen LogP contribution is -2.33. The fourth-order valence-corrected chi connectivity index (χ4v) is 2.45. The standard InChI is InChI=1S/C15H16Cl2O/c1-10-12(4-3-7-15(10,2)18)8-11-5-6-13(16)14(17)9-11/h3-7,9-10,18H,8H2,1-2H3. The van der Waals surface area contributed by atoms with E-state index in [-0.39, 0.29) is 5.92 Å². The lowest BCUT2D eigenvalue weighted by molar-refractivity contribution is 0.0671. The third kappa shape index (κ3) is 2.80. The molecule has 0 spiro atoms. The zero-order chi connectivity index (χ0) is 13.3. The molecule has 2 atom stereocenters. The minimum absolute atomic E-state index is 0.0944.